The Hall–Kier alpha value is -2.84. The fourth-order valence-electron chi connectivity index (χ4n) is 2.26. The van der Waals surface area contributed by atoms with Crippen LogP contribution in [0.25, 0.3) is 11.3 Å². The van der Waals surface area contributed by atoms with Gasteiger partial charge in [-0.2, -0.15) is 0 Å². The van der Waals surface area contributed by atoms with Gasteiger partial charge in [-0.15, -0.1) is 11.3 Å². The van der Waals surface area contributed by atoms with E-state index in [2.05, 4.69) is 20.6 Å². The summed E-state index contributed by atoms with van der Waals surface area (Å²) in [7, 11) is 1.78. The minimum absolute atomic E-state index is 0.0548. The summed E-state index contributed by atoms with van der Waals surface area (Å²) in [6, 6.07) is 6.16. The Balaban J connectivity index is 1.71. The molecule has 1 amide bonds. The van der Waals surface area contributed by atoms with Gasteiger partial charge in [0.05, 0.1) is 12.1 Å². The Morgan fingerprint density at radius 1 is 1.27 bits per heavy atom. The predicted molar refractivity (Wildman–Crippen MR) is 102 cm³/mol. The number of benzene rings is 1. The molecule has 3 aromatic rings. The van der Waals surface area contributed by atoms with E-state index in [1.54, 1.807) is 13.2 Å². The van der Waals surface area contributed by atoms with Gasteiger partial charge in [0.2, 0.25) is 5.91 Å². The van der Waals surface area contributed by atoms with E-state index in [0.29, 0.717) is 10.7 Å². The first kappa shape index (κ1) is 18.0. The highest BCUT2D eigenvalue weighted by molar-refractivity contribution is 7.14. The van der Waals surface area contributed by atoms with Crippen LogP contribution in [0, 0.1) is 0 Å². The number of halogens is 1. The molecule has 0 saturated heterocycles. The van der Waals surface area contributed by atoms with Crippen molar-refractivity contribution in [2.45, 2.75) is 6.42 Å². The third kappa shape index (κ3) is 4.04. The number of amides is 1. The molecule has 0 unspecified atom stereocenters. The van der Waals surface area contributed by atoms with Gasteiger partial charge in [-0.05, 0) is 23.8 Å². The molecule has 0 atom stereocenters. The Labute approximate surface area is 158 Å². The molecule has 2 heterocycles. The molecule has 4 N–H and O–H groups in total. The number of anilines is 2. The van der Waals surface area contributed by atoms with Crippen molar-refractivity contribution < 1.29 is 15.0 Å². The van der Waals surface area contributed by atoms with E-state index in [0.717, 1.165) is 17.1 Å². The minimum Gasteiger partial charge on any atom is -0.504 e. The number of nitrogens with zero attached hydrogens (tertiary/aromatic N) is 2. The summed E-state index contributed by atoms with van der Waals surface area (Å²) in [5, 5.41) is 27.1. The van der Waals surface area contributed by atoms with Gasteiger partial charge >= 0.3 is 0 Å². The van der Waals surface area contributed by atoms with Gasteiger partial charge in [0.1, 0.15) is 5.82 Å². The highest BCUT2D eigenvalue weighted by Crippen LogP contribution is 2.32. The van der Waals surface area contributed by atoms with Crippen LogP contribution in [-0.4, -0.2) is 33.1 Å². The van der Waals surface area contributed by atoms with E-state index in [1.807, 2.05) is 17.5 Å². The Morgan fingerprint density at radius 3 is 2.81 bits per heavy atom. The minimum atomic E-state index is -0.331. The molecule has 0 saturated carbocycles. The van der Waals surface area contributed by atoms with E-state index >= 15 is 0 Å². The van der Waals surface area contributed by atoms with Crippen LogP contribution in [0.15, 0.2) is 35.8 Å². The molecule has 2 aromatic heterocycles. The molecule has 0 fully saturated rings. The summed E-state index contributed by atoms with van der Waals surface area (Å²) in [6.45, 7) is 0. The number of hydrogen-bond acceptors (Lipinski definition) is 7. The van der Waals surface area contributed by atoms with E-state index in [-0.39, 0.29) is 28.8 Å². The second kappa shape index (κ2) is 7.59. The molecule has 0 aliphatic rings. The SMILES string of the molecule is CNc1cc(-c2csc(NC(=O)Cc3cc(O)c(O)cc3Cl)n2)ccn1. The largest absolute Gasteiger partial charge is 0.504 e. The molecule has 0 aliphatic heterocycles. The van der Waals surface area contributed by atoms with Crippen molar-refractivity contribution in [3.05, 3.63) is 46.4 Å². The van der Waals surface area contributed by atoms with Crippen molar-refractivity contribution in [3.8, 4) is 22.8 Å². The van der Waals surface area contributed by atoms with Gasteiger partial charge < -0.3 is 20.8 Å². The number of rotatable bonds is 5. The van der Waals surface area contributed by atoms with E-state index in [1.165, 1.54) is 23.5 Å². The lowest BCUT2D eigenvalue weighted by molar-refractivity contribution is -0.115. The molecule has 26 heavy (non-hydrogen) atoms. The molecule has 1 aromatic carbocycles. The zero-order valence-corrected chi connectivity index (χ0v) is 15.2. The van der Waals surface area contributed by atoms with Gasteiger partial charge in [0.15, 0.2) is 16.6 Å². The van der Waals surface area contributed by atoms with Crippen LogP contribution in [0.3, 0.4) is 0 Å². The first-order valence-electron chi connectivity index (χ1n) is 7.56. The third-order valence-electron chi connectivity index (χ3n) is 3.56. The van der Waals surface area contributed by atoms with E-state index in [9.17, 15) is 15.0 Å². The predicted octanol–water partition coefficient (Wildman–Crippen LogP) is 3.49. The number of aromatic nitrogens is 2. The summed E-state index contributed by atoms with van der Waals surface area (Å²) in [6.07, 6.45) is 1.62. The fraction of sp³-hybridized carbons (Fsp3) is 0.118. The topological polar surface area (TPSA) is 107 Å². The smallest absolute Gasteiger partial charge is 0.230 e. The molecular weight excluding hydrogens is 376 g/mol. The van der Waals surface area contributed by atoms with Crippen molar-refractivity contribution in [2.75, 3.05) is 17.7 Å². The van der Waals surface area contributed by atoms with Crippen LogP contribution in [0.5, 0.6) is 11.5 Å². The number of carbonyl (C=O) groups is 1. The Morgan fingerprint density at radius 2 is 2.04 bits per heavy atom. The van der Waals surface area contributed by atoms with Crippen molar-refractivity contribution in [1.82, 2.24) is 9.97 Å². The molecule has 0 spiro atoms. The summed E-state index contributed by atoms with van der Waals surface area (Å²) in [5.41, 5.74) is 2.01. The van der Waals surface area contributed by atoms with Gasteiger partial charge in [-0.3, -0.25) is 4.79 Å². The Bertz CT molecular complexity index is 961. The average Bonchev–Trinajstić information content (AvgIpc) is 3.08. The molecule has 0 aliphatic carbocycles. The summed E-state index contributed by atoms with van der Waals surface area (Å²) in [5.74, 6) is -0.264. The van der Waals surface area contributed by atoms with Crippen molar-refractivity contribution >= 4 is 39.8 Å². The van der Waals surface area contributed by atoms with Crippen LogP contribution in [-0.2, 0) is 11.2 Å². The number of nitrogens with one attached hydrogen (secondary N) is 2. The maximum Gasteiger partial charge on any atom is 0.230 e. The number of pyridine rings is 1. The zero-order chi connectivity index (χ0) is 18.7. The summed E-state index contributed by atoms with van der Waals surface area (Å²) in [4.78, 5) is 20.8. The summed E-state index contributed by atoms with van der Waals surface area (Å²) < 4.78 is 0. The number of hydrogen-bond donors (Lipinski definition) is 4. The second-order valence-corrected chi connectivity index (χ2v) is 6.64. The maximum absolute atomic E-state index is 12.2. The standard InChI is InChI=1S/C17H15ClN4O3S/c1-19-15-5-9(2-3-20-15)12-8-26-17(21-12)22-16(25)6-10-4-13(23)14(24)7-11(10)18/h2-5,7-8,23-24H,6H2,1H3,(H,19,20)(H,21,22,25). The molecule has 9 heteroatoms. The lowest BCUT2D eigenvalue weighted by Gasteiger charge is -2.06. The highest BCUT2D eigenvalue weighted by atomic mass is 35.5. The lowest BCUT2D eigenvalue weighted by atomic mass is 10.1. The van der Waals surface area contributed by atoms with Gasteiger partial charge in [0.25, 0.3) is 0 Å². The maximum atomic E-state index is 12.2. The van der Waals surface area contributed by atoms with E-state index < -0.39 is 0 Å². The molecule has 3 rings (SSSR count). The second-order valence-electron chi connectivity index (χ2n) is 5.37. The average molecular weight is 391 g/mol. The van der Waals surface area contributed by atoms with Crippen LogP contribution < -0.4 is 10.6 Å². The Kier molecular flexibility index (Phi) is 5.24. The number of thiazole rings is 1. The van der Waals surface area contributed by atoms with Gasteiger partial charge in [-0.1, -0.05) is 11.6 Å². The molecule has 7 nitrogen and oxygen atoms in total. The molecule has 134 valence electrons. The van der Waals surface area contributed by atoms with Crippen LogP contribution in [0.2, 0.25) is 5.02 Å². The number of aromatic hydroxyl groups is 2. The van der Waals surface area contributed by atoms with Crippen LogP contribution in [0.1, 0.15) is 5.56 Å². The van der Waals surface area contributed by atoms with Crippen LogP contribution >= 0.6 is 22.9 Å². The monoisotopic (exact) mass is 390 g/mol. The van der Waals surface area contributed by atoms with Gasteiger partial charge in [0, 0.05) is 35.3 Å². The van der Waals surface area contributed by atoms with Crippen molar-refractivity contribution in [2.24, 2.45) is 0 Å². The van der Waals surface area contributed by atoms with Crippen LogP contribution in [0.4, 0.5) is 10.9 Å². The first-order valence-corrected chi connectivity index (χ1v) is 8.82. The first-order chi connectivity index (χ1) is 12.5. The lowest BCUT2D eigenvalue weighted by Crippen LogP contribution is -2.14. The normalized spacial score (nSPS) is 10.5. The van der Waals surface area contributed by atoms with E-state index in [4.69, 9.17) is 11.6 Å². The third-order valence-corrected chi connectivity index (χ3v) is 4.67. The summed E-state index contributed by atoms with van der Waals surface area (Å²) >= 11 is 7.29. The highest BCUT2D eigenvalue weighted by Gasteiger charge is 2.13. The fourth-order valence-corrected chi connectivity index (χ4v) is 3.22. The van der Waals surface area contributed by atoms with Gasteiger partial charge in [-0.25, -0.2) is 9.97 Å². The quantitative estimate of drug-likeness (QED) is 0.497. The number of carbonyl (C=O) groups excluding carboxylic acids is 1. The molecule has 0 bridgehead atoms. The molecular formula is C17H15ClN4O3S. The zero-order valence-electron chi connectivity index (χ0n) is 13.7. The number of phenols is 2. The van der Waals surface area contributed by atoms with Crippen molar-refractivity contribution in [1.29, 1.82) is 0 Å². The molecule has 0 radical (unpaired) electrons. The number of phenolic OH excluding ortho intramolecular Hbond substituents is 2. The van der Waals surface area contributed by atoms with Crippen molar-refractivity contribution in [3.63, 3.8) is 0 Å².